The van der Waals surface area contributed by atoms with Crippen molar-refractivity contribution in [3.63, 3.8) is 0 Å². The molecule has 1 rings (SSSR count). The normalized spacial score (nSPS) is 15.1. The van der Waals surface area contributed by atoms with Gasteiger partial charge in [-0.05, 0) is 32.2 Å². The van der Waals surface area contributed by atoms with Gasteiger partial charge in [0.05, 0.1) is 24.0 Å². The van der Waals surface area contributed by atoms with E-state index in [1.54, 1.807) is 44.4 Å². The molecule has 1 aromatic rings. The molecule has 0 aliphatic heterocycles. The molecule has 108 valence electrons. The Labute approximate surface area is 121 Å². The molecule has 0 heterocycles. The first-order valence-corrected chi connectivity index (χ1v) is 10.1. The maximum Gasteiger partial charge on any atom is 0.356 e. The van der Waals surface area contributed by atoms with Gasteiger partial charge in [0, 0.05) is 4.90 Å². The van der Waals surface area contributed by atoms with Crippen molar-refractivity contribution < 1.29 is 17.8 Å². The summed E-state index contributed by atoms with van der Waals surface area (Å²) in [7, 11) is -4.83. The molecule has 0 bridgehead atoms. The molecule has 2 unspecified atom stereocenters. The number of hydrogen-bond acceptors (Lipinski definition) is 5. The van der Waals surface area contributed by atoms with Crippen molar-refractivity contribution in [2.75, 3.05) is 19.5 Å². The van der Waals surface area contributed by atoms with Crippen LogP contribution < -0.4 is 0 Å². The highest BCUT2D eigenvalue weighted by Gasteiger charge is 2.40. The predicted molar refractivity (Wildman–Crippen MR) is 81.0 cm³/mol. The van der Waals surface area contributed by atoms with Crippen molar-refractivity contribution in [2.45, 2.75) is 23.1 Å². The minimum atomic E-state index is -3.39. The Morgan fingerprint density at radius 3 is 2.16 bits per heavy atom. The SMILES string of the molecule is CCOP(=O)(OCC)C(SC)S(=O)c1ccccc1. The van der Waals surface area contributed by atoms with E-state index in [1.165, 1.54) is 11.8 Å². The molecule has 2 atom stereocenters. The van der Waals surface area contributed by atoms with Crippen LogP contribution in [0.15, 0.2) is 35.2 Å². The third-order valence-electron chi connectivity index (χ3n) is 2.24. The van der Waals surface area contributed by atoms with Gasteiger partial charge in [0.15, 0.2) is 4.32 Å². The molecular weight excluding hydrogens is 303 g/mol. The van der Waals surface area contributed by atoms with Gasteiger partial charge in [0.1, 0.15) is 0 Å². The molecule has 1 aromatic carbocycles. The number of hydrogen-bond donors (Lipinski definition) is 0. The van der Waals surface area contributed by atoms with Crippen LogP contribution in [-0.2, 0) is 24.4 Å². The molecule has 0 fully saturated rings. The first-order valence-electron chi connectivity index (χ1n) is 5.96. The van der Waals surface area contributed by atoms with Gasteiger partial charge in [-0.2, -0.15) is 0 Å². The molecule has 0 amide bonds. The van der Waals surface area contributed by atoms with Crippen molar-refractivity contribution in [3.05, 3.63) is 30.3 Å². The molecule has 0 aliphatic carbocycles. The van der Waals surface area contributed by atoms with Gasteiger partial charge in [-0.15, -0.1) is 11.8 Å². The van der Waals surface area contributed by atoms with Gasteiger partial charge in [-0.3, -0.25) is 8.77 Å². The molecule has 0 aliphatic rings. The van der Waals surface area contributed by atoms with Crippen molar-refractivity contribution in [2.24, 2.45) is 0 Å². The fourth-order valence-corrected chi connectivity index (χ4v) is 7.32. The monoisotopic (exact) mass is 322 g/mol. The van der Waals surface area contributed by atoms with Gasteiger partial charge in [-0.1, -0.05) is 18.2 Å². The van der Waals surface area contributed by atoms with Crippen LogP contribution in [0.5, 0.6) is 0 Å². The third kappa shape index (κ3) is 4.43. The van der Waals surface area contributed by atoms with Crippen LogP contribution in [0.1, 0.15) is 13.8 Å². The van der Waals surface area contributed by atoms with E-state index in [-0.39, 0.29) is 13.2 Å². The summed E-state index contributed by atoms with van der Waals surface area (Å²) < 4.78 is 35.1. The molecule has 0 spiro atoms. The van der Waals surface area contributed by atoms with Crippen molar-refractivity contribution in [1.82, 2.24) is 0 Å². The zero-order valence-corrected chi connectivity index (χ0v) is 13.8. The van der Waals surface area contributed by atoms with Crippen LogP contribution >= 0.6 is 19.4 Å². The highest BCUT2D eigenvalue weighted by atomic mass is 32.2. The summed E-state index contributed by atoms with van der Waals surface area (Å²) in [5.41, 5.74) is 0. The Kier molecular flexibility index (Phi) is 7.32. The van der Waals surface area contributed by atoms with E-state index in [4.69, 9.17) is 9.05 Å². The topological polar surface area (TPSA) is 52.6 Å². The lowest BCUT2D eigenvalue weighted by atomic mass is 10.4. The Balaban J connectivity index is 3.04. The van der Waals surface area contributed by atoms with Crippen molar-refractivity contribution in [3.8, 4) is 0 Å². The van der Waals surface area contributed by atoms with E-state index in [0.717, 1.165) is 0 Å². The van der Waals surface area contributed by atoms with E-state index in [2.05, 4.69) is 0 Å². The van der Waals surface area contributed by atoms with Crippen LogP contribution in [0.4, 0.5) is 0 Å². The van der Waals surface area contributed by atoms with Gasteiger partial charge in [0.25, 0.3) is 0 Å². The van der Waals surface area contributed by atoms with Gasteiger partial charge >= 0.3 is 7.60 Å². The van der Waals surface area contributed by atoms with Gasteiger partial charge in [-0.25, -0.2) is 0 Å². The van der Waals surface area contributed by atoms with E-state index in [9.17, 15) is 8.77 Å². The minimum Gasteiger partial charge on any atom is -0.307 e. The highest BCUT2D eigenvalue weighted by molar-refractivity contribution is 8.18. The fraction of sp³-hybridized carbons (Fsp3) is 0.500. The third-order valence-corrected chi connectivity index (χ3v) is 9.35. The summed E-state index contributed by atoms with van der Waals surface area (Å²) in [6.07, 6.45) is 1.76. The fourth-order valence-electron chi connectivity index (χ4n) is 1.52. The van der Waals surface area contributed by atoms with Crippen LogP contribution in [-0.4, -0.2) is 28.0 Å². The first kappa shape index (κ1) is 16.9. The largest absolute Gasteiger partial charge is 0.356 e. The standard InChI is InChI=1S/C12H19O4PS2/c1-4-15-17(13,16-5-2)12(18-3)19(14)11-9-7-6-8-10-11/h6-10,12H,4-5H2,1-3H3. The second kappa shape index (κ2) is 8.22. The quantitative estimate of drug-likeness (QED) is 0.683. The smallest absolute Gasteiger partial charge is 0.307 e. The zero-order valence-electron chi connectivity index (χ0n) is 11.3. The van der Waals surface area contributed by atoms with E-state index >= 15 is 0 Å². The maximum atomic E-state index is 12.7. The molecule has 0 saturated heterocycles. The lowest BCUT2D eigenvalue weighted by molar-refractivity contribution is 0.222. The predicted octanol–water partition coefficient (Wildman–Crippen LogP) is 3.71. The zero-order chi connectivity index (χ0) is 14.3. The Morgan fingerprint density at radius 1 is 1.21 bits per heavy atom. The second-order valence-electron chi connectivity index (χ2n) is 3.53. The molecule has 0 aromatic heterocycles. The first-order chi connectivity index (χ1) is 9.09. The van der Waals surface area contributed by atoms with E-state index < -0.39 is 22.7 Å². The molecule has 19 heavy (non-hydrogen) atoms. The number of rotatable bonds is 8. The summed E-state index contributed by atoms with van der Waals surface area (Å²) in [6, 6.07) is 8.95. The molecule has 7 heteroatoms. The molecule has 0 radical (unpaired) electrons. The van der Waals surface area contributed by atoms with Crippen LogP contribution in [0.2, 0.25) is 0 Å². The molecule has 0 N–H and O–H groups in total. The Bertz CT molecular complexity index is 442. The maximum absolute atomic E-state index is 12.7. The summed E-state index contributed by atoms with van der Waals surface area (Å²) in [5, 5.41) is 0. The Morgan fingerprint density at radius 2 is 1.74 bits per heavy atom. The van der Waals surface area contributed by atoms with Crippen LogP contribution in [0.25, 0.3) is 0 Å². The summed E-state index contributed by atoms with van der Waals surface area (Å²) in [5.74, 6) is 0. The molecular formula is C12H19O4PS2. The lowest BCUT2D eigenvalue weighted by Crippen LogP contribution is -2.15. The van der Waals surface area contributed by atoms with Crippen molar-refractivity contribution in [1.29, 1.82) is 0 Å². The highest BCUT2D eigenvalue weighted by Crippen LogP contribution is 2.58. The minimum absolute atomic E-state index is 0.264. The average Bonchev–Trinajstić information content (AvgIpc) is 2.40. The molecule has 4 nitrogen and oxygen atoms in total. The van der Waals surface area contributed by atoms with Crippen LogP contribution in [0.3, 0.4) is 0 Å². The summed E-state index contributed by atoms with van der Waals surface area (Å²) >= 11 is 1.25. The lowest BCUT2D eigenvalue weighted by Gasteiger charge is -2.24. The molecule has 0 saturated carbocycles. The van der Waals surface area contributed by atoms with E-state index in [0.29, 0.717) is 4.90 Å². The van der Waals surface area contributed by atoms with Gasteiger partial charge in [0.2, 0.25) is 0 Å². The summed E-state index contributed by atoms with van der Waals surface area (Å²) in [6.45, 7) is 4.02. The second-order valence-corrected chi connectivity index (χ2v) is 9.12. The van der Waals surface area contributed by atoms with Crippen LogP contribution in [0, 0.1) is 0 Å². The number of thioether (sulfide) groups is 1. The average molecular weight is 322 g/mol. The Hall–Kier alpha value is -0.130. The van der Waals surface area contributed by atoms with Crippen molar-refractivity contribution >= 4 is 30.2 Å². The number of benzene rings is 1. The van der Waals surface area contributed by atoms with Gasteiger partial charge < -0.3 is 9.05 Å². The summed E-state index contributed by atoms with van der Waals surface area (Å²) in [4.78, 5) is 0.626. The van der Waals surface area contributed by atoms with E-state index in [1.807, 2.05) is 6.07 Å².